The molecule has 1 fully saturated rings. The average molecular weight is 290 g/mol. The fraction of sp³-hybridized carbons (Fsp3) is 0.750. The van der Waals surface area contributed by atoms with Crippen molar-refractivity contribution in [2.24, 2.45) is 5.92 Å². The fourth-order valence-electron chi connectivity index (χ4n) is 3.82. The minimum absolute atomic E-state index is 0.127. The Morgan fingerprint density at radius 2 is 2.38 bits per heavy atom. The summed E-state index contributed by atoms with van der Waals surface area (Å²) >= 11 is 0. The van der Waals surface area contributed by atoms with Crippen molar-refractivity contribution in [3.8, 4) is 0 Å². The van der Waals surface area contributed by atoms with Gasteiger partial charge in [-0.1, -0.05) is 20.3 Å². The van der Waals surface area contributed by atoms with Gasteiger partial charge in [0.2, 0.25) is 0 Å². The number of amides is 1. The van der Waals surface area contributed by atoms with Crippen LogP contribution in [0.5, 0.6) is 0 Å². The van der Waals surface area contributed by atoms with E-state index >= 15 is 0 Å². The van der Waals surface area contributed by atoms with Crippen LogP contribution in [-0.2, 0) is 13.0 Å². The maximum atomic E-state index is 12.9. The molecule has 0 bridgehead atoms. The first-order valence-electron chi connectivity index (χ1n) is 8.30. The van der Waals surface area contributed by atoms with Crippen molar-refractivity contribution in [1.82, 2.24) is 20.4 Å². The summed E-state index contributed by atoms with van der Waals surface area (Å²) in [6, 6.07) is 0.390. The van der Waals surface area contributed by atoms with E-state index in [1.165, 1.54) is 12.8 Å². The molecule has 0 saturated carbocycles. The highest BCUT2D eigenvalue weighted by atomic mass is 16.2. The normalized spacial score (nSPS) is 23.1. The second kappa shape index (κ2) is 6.18. The smallest absolute Gasteiger partial charge is 0.274 e. The second-order valence-electron chi connectivity index (χ2n) is 6.43. The molecule has 5 heteroatoms. The van der Waals surface area contributed by atoms with E-state index in [4.69, 9.17) is 0 Å². The van der Waals surface area contributed by atoms with Crippen molar-refractivity contribution in [3.05, 3.63) is 17.0 Å². The van der Waals surface area contributed by atoms with Crippen LogP contribution < -0.4 is 5.32 Å². The number of hydrogen-bond acceptors (Lipinski definition) is 3. The molecule has 2 atom stereocenters. The summed E-state index contributed by atoms with van der Waals surface area (Å²) in [4.78, 5) is 15.0. The zero-order valence-electron chi connectivity index (χ0n) is 13.1. The monoisotopic (exact) mass is 290 g/mol. The molecule has 1 amide bonds. The molecule has 0 spiro atoms. The van der Waals surface area contributed by atoms with E-state index in [1.807, 2.05) is 0 Å². The lowest BCUT2D eigenvalue weighted by molar-refractivity contribution is 0.0682. The van der Waals surface area contributed by atoms with Crippen molar-refractivity contribution < 1.29 is 4.79 Å². The summed E-state index contributed by atoms with van der Waals surface area (Å²) in [6.45, 7) is 7.10. The van der Waals surface area contributed by atoms with E-state index in [1.54, 1.807) is 0 Å². The van der Waals surface area contributed by atoms with Crippen LogP contribution in [0.3, 0.4) is 0 Å². The lowest BCUT2D eigenvalue weighted by atomic mass is 9.94. The van der Waals surface area contributed by atoms with Crippen molar-refractivity contribution in [2.45, 2.75) is 58.5 Å². The number of H-pyrrole nitrogens is 1. The molecular weight excluding hydrogens is 264 g/mol. The van der Waals surface area contributed by atoms with E-state index < -0.39 is 0 Å². The van der Waals surface area contributed by atoms with Crippen LogP contribution in [-0.4, -0.2) is 40.1 Å². The number of nitrogens with one attached hydrogen (secondary N) is 2. The van der Waals surface area contributed by atoms with Crippen LogP contribution in [0.1, 0.15) is 61.3 Å². The average Bonchev–Trinajstić information content (AvgIpc) is 3.14. The van der Waals surface area contributed by atoms with Gasteiger partial charge < -0.3 is 10.2 Å². The Morgan fingerprint density at radius 1 is 1.52 bits per heavy atom. The largest absolute Gasteiger partial charge is 0.334 e. The lowest BCUT2D eigenvalue weighted by Crippen LogP contribution is -2.40. The quantitative estimate of drug-likeness (QED) is 0.892. The van der Waals surface area contributed by atoms with Crippen LogP contribution in [0.25, 0.3) is 0 Å². The lowest BCUT2D eigenvalue weighted by Gasteiger charge is -2.29. The molecule has 0 radical (unpaired) electrons. The molecule has 2 unspecified atom stereocenters. The second-order valence-corrected chi connectivity index (χ2v) is 6.43. The summed E-state index contributed by atoms with van der Waals surface area (Å²) in [5, 5.41) is 10.7. The highest BCUT2D eigenvalue weighted by Crippen LogP contribution is 2.29. The molecular formula is C16H26N4O. The molecule has 0 aliphatic carbocycles. The number of aromatic nitrogens is 2. The third kappa shape index (κ3) is 2.71. The third-order valence-electron chi connectivity index (χ3n) is 4.97. The number of aromatic amines is 1. The van der Waals surface area contributed by atoms with E-state index in [0.717, 1.165) is 50.2 Å². The SMILES string of the molecule is CCCC(C)C1CCCN1C(=O)c1n[nH]c2c1CNCC2. The number of rotatable bonds is 4. The molecule has 1 aromatic rings. The fourth-order valence-corrected chi connectivity index (χ4v) is 3.82. The maximum absolute atomic E-state index is 12.9. The van der Waals surface area contributed by atoms with E-state index in [9.17, 15) is 4.79 Å². The number of carbonyl (C=O) groups excluding carboxylic acids is 1. The highest BCUT2D eigenvalue weighted by Gasteiger charge is 2.35. The van der Waals surface area contributed by atoms with Crippen molar-refractivity contribution in [1.29, 1.82) is 0 Å². The van der Waals surface area contributed by atoms with Gasteiger partial charge in [0.05, 0.1) is 0 Å². The number of nitrogens with zero attached hydrogens (tertiary/aromatic N) is 2. The molecule has 3 heterocycles. The van der Waals surface area contributed by atoms with Crippen LogP contribution >= 0.6 is 0 Å². The topological polar surface area (TPSA) is 61.0 Å². The minimum atomic E-state index is 0.127. The predicted octanol–water partition coefficient (Wildman–Crippen LogP) is 2.10. The molecule has 5 nitrogen and oxygen atoms in total. The summed E-state index contributed by atoms with van der Waals surface area (Å²) < 4.78 is 0. The Kier molecular flexibility index (Phi) is 4.29. The maximum Gasteiger partial charge on any atom is 0.274 e. The van der Waals surface area contributed by atoms with Gasteiger partial charge in [-0.05, 0) is 25.2 Å². The first-order valence-corrected chi connectivity index (χ1v) is 8.30. The predicted molar refractivity (Wildman–Crippen MR) is 82.1 cm³/mol. The van der Waals surface area contributed by atoms with Crippen LogP contribution in [0, 0.1) is 5.92 Å². The van der Waals surface area contributed by atoms with Gasteiger partial charge in [0, 0.05) is 43.4 Å². The Balaban J connectivity index is 1.79. The van der Waals surface area contributed by atoms with Crippen molar-refractivity contribution in [2.75, 3.05) is 13.1 Å². The zero-order chi connectivity index (χ0) is 14.8. The van der Waals surface area contributed by atoms with Crippen LogP contribution in [0.4, 0.5) is 0 Å². The Bertz CT molecular complexity index is 510. The Hall–Kier alpha value is -1.36. The first kappa shape index (κ1) is 14.6. The molecule has 116 valence electrons. The molecule has 2 aliphatic rings. The van der Waals surface area contributed by atoms with E-state index in [-0.39, 0.29) is 5.91 Å². The van der Waals surface area contributed by atoms with Gasteiger partial charge in [0.25, 0.3) is 5.91 Å². The van der Waals surface area contributed by atoms with E-state index in [2.05, 4.69) is 34.3 Å². The number of likely N-dealkylation sites (tertiary alicyclic amines) is 1. The van der Waals surface area contributed by atoms with Gasteiger partial charge in [-0.15, -0.1) is 0 Å². The highest BCUT2D eigenvalue weighted by molar-refractivity contribution is 5.94. The summed E-state index contributed by atoms with van der Waals surface area (Å²) in [5.41, 5.74) is 2.86. The molecule has 0 aromatic carbocycles. The molecule has 3 rings (SSSR count). The van der Waals surface area contributed by atoms with Gasteiger partial charge >= 0.3 is 0 Å². The number of fused-ring (bicyclic) bond motifs is 1. The van der Waals surface area contributed by atoms with Gasteiger partial charge in [-0.25, -0.2) is 0 Å². The summed E-state index contributed by atoms with van der Waals surface area (Å²) in [6.07, 6.45) is 5.56. The molecule has 1 saturated heterocycles. The minimum Gasteiger partial charge on any atom is -0.334 e. The Morgan fingerprint density at radius 3 is 3.19 bits per heavy atom. The molecule has 2 N–H and O–H groups in total. The van der Waals surface area contributed by atoms with Gasteiger partial charge in [-0.3, -0.25) is 9.89 Å². The van der Waals surface area contributed by atoms with Crippen molar-refractivity contribution in [3.63, 3.8) is 0 Å². The van der Waals surface area contributed by atoms with Gasteiger partial charge in [0.1, 0.15) is 0 Å². The summed E-state index contributed by atoms with van der Waals surface area (Å²) in [5.74, 6) is 0.705. The Labute approximate surface area is 126 Å². The zero-order valence-corrected chi connectivity index (χ0v) is 13.1. The number of carbonyl (C=O) groups is 1. The number of hydrogen-bond donors (Lipinski definition) is 2. The first-order chi connectivity index (χ1) is 10.2. The van der Waals surface area contributed by atoms with Crippen molar-refractivity contribution >= 4 is 5.91 Å². The third-order valence-corrected chi connectivity index (χ3v) is 4.97. The van der Waals surface area contributed by atoms with Gasteiger partial charge in [-0.2, -0.15) is 5.10 Å². The van der Waals surface area contributed by atoms with Crippen LogP contribution in [0.2, 0.25) is 0 Å². The molecule has 2 aliphatic heterocycles. The van der Waals surface area contributed by atoms with Crippen LogP contribution in [0.15, 0.2) is 0 Å². The standard InChI is InChI=1S/C16H26N4O/c1-3-5-11(2)14-6-4-9-20(14)16(21)15-12-10-17-8-7-13(12)18-19-15/h11,14,17H,3-10H2,1-2H3,(H,18,19). The molecule has 1 aromatic heterocycles. The van der Waals surface area contributed by atoms with E-state index in [0.29, 0.717) is 17.7 Å². The molecule has 21 heavy (non-hydrogen) atoms. The van der Waals surface area contributed by atoms with Gasteiger partial charge in [0.15, 0.2) is 5.69 Å². The summed E-state index contributed by atoms with van der Waals surface area (Å²) in [7, 11) is 0.